The van der Waals surface area contributed by atoms with E-state index in [0.29, 0.717) is 40.8 Å². The van der Waals surface area contributed by atoms with Crippen molar-refractivity contribution >= 4 is 34.8 Å². The van der Waals surface area contributed by atoms with Gasteiger partial charge in [0.25, 0.3) is 5.91 Å². The van der Waals surface area contributed by atoms with Gasteiger partial charge in [-0.1, -0.05) is 11.6 Å². The van der Waals surface area contributed by atoms with Crippen LogP contribution >= 0.6 is 11.6 Å². The van der Waals surface area contributed by atoms with Crippen LogP contribution in [0.3, 0.4) is 0 Å². The van der Waals surface area contributed by atoms with E-state index in [1.54, 1.807) is 30.3 Å². The van der Waals surface area contributed by atoms with Gasteiger partial charge in [0.1, 0.15) is 0 Å². The topological polar surface area (TPSA) is 83.4 Å². The van der Waals surface area contributed by atoms with Crippen LogP contribution in [-0.2, 0) is 4.79 Å². The van der Waals surface area contributed by atoms with Crippen LogP contribution in [0.2, 0.25) is 5.02 Å². The van der Waals surface area contributed by atoms with E-state index in [1.807, 2.05) is 0 Å². The Kier molecular flexibility index (Phi) is 5.18. The second kappa shape index (κ2) is 7.74. The zero-order valence-corrected chi connectivity index (χ0v) is 15.6. The molecule has 2 unspecified atom stereocenters. The number of amides is 2. The lowest BCUT2D eigenvalue weighted by molar-refractivity contribution is -0.117. The van der Waals surface area contributed by atoms with Gasteiger partial charge >= 0.3 is 0 Å². The molecule has 2 aliphatic rings. The van der Waals surface area contributed by atoms with Crippen molar-refractivity contribution in [1.82, 2.24) is 5.32 Å². The van der Waals surface area contributed by atoms with Crippen molar-refractivity contribution in [3.05, 3.63) is 47.4 Å². The van der Waals surface area contributed by atoms with Crippen molar-refractivity contribution in [3.8, 4) is 0 Å². The van der Waals surface area contributed by atoms with Crippen LogP contribution < -0.4 is 16.0 Å². The summed E-state index contributed by atoms with van der Waals surface area (Å²) in [4.78, 5) is 24.4. The number of carbonyl (C=O) groups is 2. The molecule has 1 aromatic carbocycles. The Morgan fingerprint density at radius 1 is 1.15 bits per heavy atom. The number of anilines is 2. The van der Waals surface area contributed by atoms with Crippen molar-refractivity contribution in [3.63, 3.8) is 0 Å². The Balaban J connectivity index is 1.33. The van der Waals surface area contributed by atoms with E-state index in [4.69, 9.17) is 16.0 Å². The molecule has 0 saturated carbocycles. The largest absolute Gasteiger partial charge is 0.459 e. The third-order valence-electron chi connectivity index (χ3n) is 5.29. The number of hydrogen-bond donors (Lipinski definition) is 3. The smallest absolute Gasteiger partial charge is 0.291 e. The van der Waals surface area contributed by atoms with Gasteiger partial charge in [-0.2, -0.15) is 0 Å². The second-order valence-corrected chi connectivity index (χ2v) is 7.76. The third kappa shape index (κ3) is 4.34. The number of rotatable bonds is 5. The summed E-state index contributed by atoms with van der Waals surface area (Å²) in [6, 6.07) is 9.41. The molecule has 0 radical (unpaired) electrons. The monoisotopic (exact) mass is 387 g/mol. The minimum Gasteiger partial charge on any atom is -0.459 e. The van der Waals surface area contributed by atoms with Crippen molar-refractivity contribution in [1.29, 1.82) is 0 Å². The van der Waals surface area contributed by atoms with Gasteiger partial charge in [-0.05, 0) is 61.9 Å². The Bertz CT molecular complexity index is 825. The second-order valence-electron chi connectivity index (χ2n) is 7.35. The van der Waals surface area contributed by atoms with E-state index in [9.17, 15) is 9.59 Å². The lowest BCUT2D eigenvalue weighted by Crippen LogP contribution is -2.39. The number of carbonyl (C=O) groups excluding carboxylic acids is 2. The molecular weight excluding hydrogens is 366 g/mol. The quantitative estimate of drug-likeness (QED) is 0.722. The van der Waals surface area contributed by atoms with Gasteiger partial charge in [0.05, 0.1) is 17.0 Å². The van der Waals surface area contributed by atoms with Crippen molar-refractivity contribution in [2.75, 3.05) is 10.6 Å². The summed E-state index contributed by atoms with van der Waals surface area (Å²) >= 11 is 6.25. The summed E-state index contributed by atoms with van der Waals surface area (Å²) in [6.45, 7) is 0. The Labute approximate surface area is 162 Å². The maximum atomic E-state index is 12.4. The zero-order chi connectivity index (χ0) is 18.8. The molecule has 142 valence electrons. The summed E-state index contributed by atoms with van der Waals surface area (Å²) in [5, 5.41) is 9.55. The summed E-state index contributed by atoms with van der Waals surface area (Å²) in [5.74, 6) is 0.273. The summed E-state index contributed by atoms with van der Waals surface area (Å²) in [5.41, 5.74) is 1.09. The molecule has 7 heteroatoms. The molecule has 0 aliphatic carbocycles. The lowest BCUT2D eigenvalue weighted by atomic mass is 9.89. The molecule has 2 atom stereocenters. The normalized spacial score (nSPS) is 23.8. The van der Waals surface area contributed by atoms with E-state index in [1.165, 1.54) is 19.1 Å². The van der Waals surface area contributed by atoms with E-state index >= 15 is 0 Å². The number of nitrogens with one attached hydrogen (secondary N) is 3. The number of benzene rings is 1. The minimum absolute atomic E-state index is 0.00439. The fourth-order valence-electron chi connectivity index (χ4n) is 4.10. The maximum absolute atomic E-state index is 12.4. The van der Waals surface area contributed by atoms with Gasteiger partial charge in [-0.3, -0.25) is 9.59 Å². The highest BCUT2D eigenvalue weighted by molar-refractivity contribution is 6.34. The number of halogens is 1. The van der Waals surface area contributed by atoms with E-state index in [-0.39, 0.29) is 17.6 Å². The van der Waals surface area contributed by atoms with Crippen molar-refractivity contribution in [2.45, 2.75) is 44.2 Å². The zero-order valence-electron chi connectivity index (χ0n) is 14.8. The number of hydrogen-bond acceptors (Lipinski definition) is 4. The van der Waals surface area contributed by atoms with Crippen LogP contribution in [0.4, 0.5) is 11.4 Å². The number of fused-ring (bicyclic) bond motifs is 2. The van der Waals surface area contributed by atoms with Gasteiger partial charge in [0, 0.05) is 24.2 Å². The third-order valence-corrected chi connectivity index (χ3v) is 5.60. The SMILES string of the molecule is O=C(CC1CC2CCC(C1)N2)Nc1ccc(NC(=O)c2ccco2)c(Cl)c1. The first kappa shape index (κ1) is 18.1. The molecular formula is C20H22ClN3O3. The molecule has 2 aromatic rings. The van der Waals surface area contributed by atoms with Gasteiger partial charge in [0.2, 0.25) is 5.91 Å². The van der Waals surface area contributed by atoms with E-state index in [0.717, 1.165) is 12.8 Å². The van der Waals surface area contributed by atoms with E-state index < -0.39 is 0 Å². The summed E-state index contributed by atoms with van der Waals surface area (Å²) < 4.78 is 5.06. The van der Waals surface area contributed by atoms with Gasteiger partial charge in [0.15, 0.2) is 5.76 Å². The fourth-order valence-corrected chi connectivity index (χ4v) is 4.33. The molecule has 0 spiro atoms. The van der Waals surface area contributed by atoms with Crippen LogP contribution in [-0.4, -0.2) is 23.9 Å². The maximum Gasteiger partial charge on any atom is 0.291 e. The van der Waals surface area contributed by atoms with Crippen LogP contribution in [0.1, 0.15) is 42.7 Å². The first-order chi connectivity index (χ1) is 13.1. The van der Waals surface area contributed by atoms with Gasteiger partial charge in [-0.25, -0.2) is 0 Å². The molecule has 2 saturated heterocycles. The Morgan fingerprint density at radius 2 is 1.93 bits per heavy atom. The predicted octanol–water partition coefficient (Wildman–Crippen LogP) is 4.04. The molecule has 3 heterocycles. The molecule has 27 heavy (non-hydrogen) atoms. The highest BCUT2D eigenvalue weighted by Crippen LogP contribution is 2.33. The Hall–Kier alpha value is -2.31. The highest BCUT2D eigenvalue weighted by Gasteiger charge is 2.34. The molecule has 2 bridgehead atoms. The molecule has 3 N–H and O–H groups in total. The van der Waals surface area contributed by atoms with Crippen molar-refractivity contribution < 1.29 is 14.0 Å². The molecule has 4 rings (SSSR count). The van der Waals surface area contributed by atoms with Crippen LogP contribution in [0.5, 0.6) is 0 Å². The standard InChI is InChI=1S/C20H22ClN3O3/c21-16-11-15(5-6-17(16)24-20(26)18-2-1-7-27-18)23-19(25)10-12-8-13-3-4-14(9-12)22-13/h1-2,5-7,11-14,22H,3-4,8-10H2,(H,23,25)(H,24,26). The molecule has 2 fully saturated rings. The molecule has 1 aromatic heterocycles. The summed E-state index contributed by atoms with van der Waals surface area (Å²) in [7, 11) is 0. The molecule has 2 aliphatic heterocycles. The van der Waals surface area contributed by atoms with Crippen molar-refractivity contribution in [2.24, 2.45) is 5.92 Å². The van der Waals surface area contributed by atoms with Crippen LogP contribution in [0, 0.1) is 5.92 Å². The number of furan rings is 1. The first-order valence-electron chi connectivity index (χ1n) is 9.27. The molecule has 2 amide bonds. The number of piperidine rings is 1. The highest BCUT2D eigenvalue weighted by atomic mass is 35.5. The van der Waals surface area contributed by atoms with Crippen LogP contribution in [0.25, 0.3) is 0 Å². The van der Waals surface area contributed by atoms with E-state index in [2.05, 4.69) is 16.0 Å². The average molecular weight is 388 g/mol. The molecule has 6 nitrogen and oxygen atoms in total. The lowest BCUT2D eigenvalue weighted by Gasteiger charge is -2.28. The Morgan fingerprint density at radius 3 is 2.59 bits per heavy atom. The minimum atomic E-state index is -0.376. The van der Waals surface area contributed by atoms with Gasteiger partial charge in [-0.15, -0.1) is 0 Å². The van der Waals surface area contributed by atoms with Gasteiger partial charge < -0.3 is 20.4 Å². The fraction of sp³-hybridized carbons (Fsp3) is 0.400. The van der Waals surface area contributed by atoms with Crippen LogP contribution in [0.15, 0.2) is 41.0 Å². The predicted molar refractivity (Wildman–Crippen MR) is 104 cm³/mol. The summed E-state index contributed by atoms with van der Waals surface area (Å²) in [6.07, 6.45) is 6.56. The average Bonchev–Trinajstić information content (AvgIpc) is 3.27. The first-order valence-corrected chi connectivity index (χ1v) is 9.65.